The minimum Gasteiger partial charge on any atom is -0.454 e. The number of fused-ring (bicyclic) bond motifs is 7. The van der Waals surface area contributed by atoms with Gasteiger partial charge in [-0.05, 0) is 48.1 Å². The fraction of sp³-hybridized carbons (Fsp3) is 0.233. The number of hydrogen-bond donors (Lipinski definition) is 0. The zero-order valence-electron chi connectivity index (χ0n) is 19.2. The summed E-state index contributed by atoms with van der Waals surface area (Å²) in [5, 5.41) is 2.40. The van der Waals surface area contributed by atoms with Crippen molar-refractivity contribution in [1.82, 2.24) is 0 Å². The molecule has 0 fully saturated rings. The number of aryl methyl sites for hydroxylation is 2. The van der Waals surface area contributed by atoms with Crippen LogP contribution in [0.2, 0.25) is 0 Å². The van der Waals surface area contributed by atoms with Crippen LogP contribution >= 0.6 is 0 Å². The highest BCUT2D eigenvalue weighted by molar-refractivity contribution is 6.14. The molecule has 0 bridgehead atoms. The van der Waals surface area contributed by atoms with Gasteiger partial charge in [0.2, 0.25) is 5.69 Å². The lowest BCUT2D eigenvalue weighted by molar-refractivity contribution is -0.660. The molecule has 2 nitrogen and oxygen atoms in total. The predicted molar refractivity (Wildman–Crippen MR) is 132 cm³/mol. The minimum atomic E-state index is 0.0592. The summed E-state index contributed by atoms with van der Waals surface area (Å²) < 4.78 is 9.02. The number of benzene rings is 3. The highest BCUT2D eigenvalue weighted by atomic mass is 16.3. The van der Waals surface area contributed by atoms with E-state index in [0.29, 0.717) is 0 Å². The minimum absolute atomic E-state index is 0.0592. The second-order valence-electron chi connectivity index (χ2n) is 9.13. The number of pyridine rings is 1. The van der Waals surface area contributed by atoms with Gasteiger partial charge in [0.05, 0.1) is 5.56 Å². The number of hydrogen-bond acceptors (Lipinski definition) is 1. The molecule has 5 aromatic rings. The molecule has 158 valence electrons. The number of aromatic nitrogens is 1. The van der Waals surface area contributed by atoms with E-state index >= 15 is 0 Å². The van der Waals surface area contributed by atoms with E-state index in [1.165, 1.54) is 49.8 Å². The number of furan rings is 1. The van der Waals surface area contributed by atoms with E-state index in [-0.39, 0.29) is 5.41 Å². The van der Waals surface area contributed by atoms with Crippen molar-refractivity contribution >= 4 is 21.9 Å². The van der Waals surface area contributed by atoms with Gasteiger partial charge in [-0.2, -0.15) is 0 Å². The van der Waals surface area contributed by atoms with Crippen LogP contribution in [-0.4, -0.2) is 0 Å². The largest absolute Gasteiger partial charge is 0.454 e. The van der Waals surface area contributed by atoms with E-state index in [1.54, 1.807) is 0 Å². The van der Waals surface area contributed by atoms with Gasteiger partial charge in [0.1, 0.15) is 18.2 Å². The molecule has 0 aliphatic heterocycles. The molecule has 2 heteroatoms. The Morgan fingerprint density at radius 1 is 0.750 bits per heavy atom. The number of nitrogens with zero attached hydrogens (tertiary/aromatic N) is 1. The summed E-state index contributed by atoms with van der Waals surface area (Å²) >= 11 is 0. The lowest BCUT2D eigenvalue weighted by Gasteiger charge is -2.29. The fourth-order valence-electron chi connectivity index (χ4n) is 6.04. The molecular formula is C30H28NO+. The number of rotatable bonds is 3. The molecule has 0 radical (unpaired) electrons. The van der Waals surface area contributed by atoms with E-state index < -0.39 is 0 Å². The summed E-state index contributed by atoms with van der Waals surface area (Å²) in [6, 6.07) is 24.4. The molecule has 0 N–H and O–H groups in total. The maximum Gasteiger partial charge on any atom is 0.216 e. The lowest BCUT2D eigenvalue weighted by Crippen LogP contribution is -2.30. The zero-order chi connectivity index (χ0) is 22.0. The van der Waals surface area contributed by atoms with Crippen molar-refractivity contribution in [1.29, 1.82) is 0 Å². The summed E-state index contributed by atoms with van der Waals surface area (Å²) in [6.07, 6.45) is 4.27. The van der Waals surface area contributed by atoms with Crippen LogP contribution in [0, 0.1) is 6.92 Å². The van der Waals surface area contributed by atoms with Crippen molar-refractivity contribution in [2.45, 2.75) is 39.0 Å². The van der Waals surface area contributed by atoms with Gasteiger partial charge in [0.15, 0.2) is 6.20 Å². The molecule has 0 spiro atoms. The Kier molecular flexibility index (Phi) is 4.10. The maximum atomic E-state index is 6.84. The van der Waals surface area contributed by atoms with Crippen molar-refractivity contribution in [3.63, 3.8) is 0 Å². The second-order valence-corrected chi connectivity index (χ2v) is 9.13. The van der Waals surface area contributed by atoms with Gasteiger partial charge >= 0.3 is 0 Å². The van der Waals surface area contributed by atoms with Crippen molar-refractivity contribution in [3.8, 4) is 22.4 Å². The topological polar surface area (TPSA) is 17.0 Å². The third-order valence-corrected chi connectivity index (χ3v) is 7.76. The third-order valence-electron chi connectivity index (χ3n) is 7.76. The van der Waals surface area contributed by atoms with E-state index in [4.69, 9.17) is 4.42 Å². The van der Waals surface area contributed by atoms with Gasteiger partial charge in [-0.3, -0.25) is 0 Å². The summed E-state index contributed by atoms with van der Waals surface area (Å²) in [7, 11) is 2.10. The zero-order valence-corrected chi connectivity index (χ0v) is 19.2. The van der Waals surface area contributed by atoms with Gasteiger partial charge in [-0.15, -0.1) is 0 Å². The molecule has 1 aliphatic carbocycles. The van der Waals surface area contributed by atoms with E-state index in [1.807, 2.05) is 0 Å². The maximum absolute atomic E-state index is 6.84. The van der Waals surface area contributed by atoms with Crippen LogP contribution in [0.1, 0.15) is 43.4 Å². The third kappa shape index (κ3) is 2.33. The van der Waals surface area contributed by atoms with Crippen LogP contribution in [0.4, 0.5) is 0 Å². The van der Waals surface area contributed by atoms with Crippen LogP contribution in [0.15, 0.2) is 77.3 Å². The van der Waals surface area contributed by atoms with Gasteiger partial charge in [-0.25, -0.2) is 4.57 Å². The molecule has 2 heterocycles. The highest BCUT2D eigenvalue weighted by Gasteiger charge is 2.42. The Hall–Kier alpha value is -3.39. The van der Waals surface area contributed by atoms with E-state index in [0.717, 1.165) is 24.0 Å². The summed E-state index contributed by atoms with van der Waals surface area (Å²) in [6.45, 7) is 6.80. The highest BCUT2D eigenvalue weighted by Crippen LogP contribution is 2.55. The monoisotopic (exact) mass is 418 g/mol. The molecular weight excluding hydrogens is 390 g/mol. The molecule has 2 aromatic heterocycles. The predicted octanol–water partition coefficient (Wildman–Crippen LogP) is 7.47. The SMILES string of the molecule is CCC1(CC)c2ccccc2-c2c1ccc1c2oc2c(-c3cccc[n+]3C)c(C)ccc21. The van der Waals surface area contributed by atoms with Crippen molar-refractivity contribution in [3.05, 3.63) is 89.6 Å². The first kappa shape index (κ1) is 19.3. The average molecular weight is 419 g/mol. The molecule has 0 atom stereocenters. The molecule has 6 rings (SSSR count). The standard InChI is InChI=1S/C30H28NO/c1-5-30(6-2)23-12-8-7-11-22(23)27-24(30)17-16-21-20-15-14-19(3)26(28(20)32-29(21)27)25-13-9-10-18-31(25)4/h7-18H,5-6H2,1-4H3/q+1. The van der Waals surface area contributed by atoms with Crippen molar-refractivity contribution in [2.24, 2.45) is 7.05 Å². The summed E-state index contributed by atoms with van der Waals surface area (Å²) in [4.78, 5) is 0. The van der Waals surface area contributed by atoms with Gasteiger partial charge in [0, 0.05) is 33.9 Å². The van der Waals surface area contributed by atoms with Crippen molar-refractivity contribution in [2.75, 3.05) is 0 Å². The second kappa shape index (κ2) is 6.80. The molecule has 0 saturated carbocycles. The Morgan fingerprint density at radius 2 is 1.44 bits per heavy atom. The van der Waals surface area contributed by atoms with E-state index in [9.17, 15) is 0 Å². The average Bonchev–Trinajstić information content (AvgIpc) is 3.33. The Morgan fingerprint density at radius 3 is 2.19 bits per heavy atom. The van der Waals surface area contributed by atoms with Gasteiger partial charge in [0.25, 0.3) is 0 Å². The molecule has 0 amide bonds. The van der Waals surface area contributed by atoms with Crippen LogP contribution in [0.3, 0.4) is 0 Å². The molecule has 32 heavy (non-hydrogen) atoms. The molecule has 3 aromatic carbocycles. The summed E-state index contributed by atoms with van der Waals surface area (Å²) in [5.41, 5.74) is 11.1. The molecule has 0 saturated heterocycles. The Balaban J connectivity index is 1.76. The first-order chi connectivity index (χ1) is 15.6. The van der Waals surface area contributed by atoms with Crippen LogP contribution in [0.5, 0.6) is 0 Å². The van der Waals surface area contributed by atoms with Crippen LogP contribution in [-0.2, 0) is 12.5 Å². The quantitative estimate of drug-likeness (QED) is 0.278. The Bertz CT molecular complexity index is 1520. The first-order valence-corrected chi connectivity index (χ1v) is 11.6. The Labute approximate surface area is 189 Å². The van der Waals surface area contributed by atoms with E-state index in [2.05, 4.69) is 105 Å². The van der Waals surface area contributed by atoms with Gasteiger partial charge < -0.3 is 4.42 Å². The van der Waals surface area contributed by atoms with Crippen molar-refractivity contribution < 1.29 is 8.98 Å². The normalized spacial score (nSPS) is 14.1. The van der Waals surface area contributed by atoms with Crippen LogP contribution < -0.4 is 4.57 Å². The summed E-state index contributed by atoms with van der Waals surface area (Å²) in [5.74, 6) is 0. The molecule has 0 unspecified atom stereocenters. The van der Waals surface area contributed by atoms with Gasteiger partial charge in [-0.1, -0.05) is 62.4 Å². The van der Waals surface area contributed by atoms with Crippen LogP contribution in [0.25, 0.3) is 44.3 Å². The lowest BCUT2D eigenvalue weighted by atomic mass is 9.74. The first-order valence-electron chi connectivity index (χ1n) is 11.6. The smallest absolute Gasteiger partial charge is 0.216 e. The molecule has 1 aliphatic rings. The fourth-order valence-corrected chi connectivity index (χ4v) is 6.04.